The number of thiophene rings is 1. The van der Waals surface area contributed by atoms with Crippen molar-refractivity contribution in [2.45, 2.75) is 88.8 Å². The summed E-state index contributed by atoms with van der Waals surface area (Å²) in [5, 5.41) is 18.2. The van der Waals surface area contributed by atoms with Gasteiger partial charge in [-0.25, -0.2) is 0 Å². The van der Waals surface area contributed by atoms with Gasteiger partial charge < -0.3 is 14.8 Å². The van der Waals surface area contributed by atoms with Crippen molar-refractivity contribution in [1.82, 2.24) is 25.5 Å². The summed E-state index contributed by atoms with van der Waals surface area (Å²) in [5.74, 6) is 1.53. The SMILES string of the molecule is COc1ccc(-c2nnn(CC(=O)N(c3ccc(C4CCCCC4)cc3)C(C(=O)NC3CCCCC3)c3cccs3)n2)cc1OC. The normalized spacial score (nSPS) is 16.5. The van der Waals surface area contributed by atoms with Crippen LogP contribution in [0.1, 0.15) is 86.6 Å². The first-order chi connectivity index (χ1) is 22.5. The monoisotopic (exact) mass is 642 g/mol. The van der Waals surface area contributed by atoms with Gasteiger partial charge in [0, 0.05) is 22.2 Å². The second kappa shape index (κ2) is 14.9. The van der Waals surface area contributed by atoms with E-state index in [1.165, 1.54) is 60.2 Å². The van der Waals surface area contributed by atoms with Gasteiger partial charge in [-0.2, -0.15) is 4.80 Å². The Kier molecular flexibility index (Phi) is 10.3. The lowest BCUT2D eigenvalue weighted by molar-refractivity contribution is -0.127. The molecule has 11 heteroatoms. The van der Waals surface area contributed by atoms with Crippen LogP contribution in [0.5, 0.6) is 11.5 Å². The number of nitrogens with zero attached hydrogens (tertiary/aromatic N) is 5. The molecule has 6 rings (SSSR count). The third kappa shape index (κ3) is 7.25. The second-order valence-corrected chi connectivity index (χ2v) is 13.1. The van der Waals surface area contributed by atoms with Gasteiger partial charge in [-0.3, -0.25) is 14.5 Å². The van der Waals surface area contributed by atoms with Crippen molar-refractivity contribution < 1.29 is 19.1 Å². The molecule has 1 unspecified atom stereocenters. The maximum Gasteiger partial charge on any atom is 0.251 e. The molecule has 2 aromatic heterocycles. The average molecular weight is 643 g/mol. The third-order valence-corrected chi connectivity index (χ3v) is 10.1. The number of carbonyl (C=O) groups excluding carboxylic acids is 2. The fourth-order valence-corrected chi connectivity index (χ4v) is 7.54. The number of carbonyl (C=O) groups is 2. The van der Waals surface area contributed by atoms with Crippen molar-refractivity contribution in [3.8, 4) is 22.9 Å². The molecule has 0 spiro atoms. The van der Waals surface area contributed by atoms with Crippen molar-refractivity contribution in [2.24, 2.45) is 0 Å². The summed E-state index contributed by atoms with van der Waals surface area (Å²) in [6.45, 7) is -0.191. The molecule has 2 amide bonds. The fraction of sp³-hybridized carbons (Fsp3) is 0.457. The Labute approximate surface area is 274 Å². The number of ether oxygens (including phenoxy) is 2. The van der Waals surface area contributed by atoms with Crippen molar-refractivity contribution in [2.75, 3.05) is 19.1 Å². The van der Waals surface area contributed by atoms with Crippen LogP contribution in [0.25, 0.3) is 11.4 Å². The number of hydrogen-bond acceptors (Lipinski definition) is 8. The highest BCUT2D eigenvalue weighted by Crippen LogP contribution is 2.36. The lowest BCUT2D eigenvalue weighted by atomic mass is 9.84. The van der Waals surface area contributed by atoms with E-state index in [1.807, 2.05) is 35.7 Å². The number of hydrogen-bond donors (Lipinski definition) is 1. The van der Waals surface area contributed by atoms with Crippen molar-refractivity contribution in [3.63, 3.8) is 0 Å². The molecule has 1 N–H and O–H groups in total. The van der Waals surface area contributed by atoms with Gasteiger partial charge in [-0.05, 0) is 84.2 Å². The Morgan fingerprint density at radius 1 is 0.935 bits per heavy atom. The largest absolute Gasteiger partial charge is 0.493 e. The van der Waals surface area contributed by atoms with Crippen LogP contribution < -0.4 is 19.7 Å². The van der Waals surface area contributed by atoms with Crippen molar-refractivity contribution in [1.29, 1.82) is 0 Å². The molecule has 0 bridgehead atoms. The van der Waals surface area contributed by atoms with E-state index < -0.39 is 6.04 Å². The minimum Gasteiger partial charge on any atom is -0.493 e. The molecule has 0 radical (unpaired) electrons. The number of methoxy groups -OCH3 is 2. The summed E-state index contributed by atoms with van der Waals surface area (Å²) in [6.07, 6.45) is 11.4. The highest BCUT2D eigenvalue weighted by Gasteiger charge is 2.35. The van der Waals surface area contributed by atoms with Gasteiger partial charge in [-0.1, -0.05) is 56.7 Å². The Hall–Kier alpha value is -4.25. The van der Waals surface area contributed by atoms with E-state index >= 15 is 0 Å². The Morgan fingerprint density at radius 3 is 2.33 bits per heavy atom. The maximum absolute atomic E-state index is 14.3. The van der Waals surface area contributed by atoms with Gasteiger partial charge >= 0.3 is 0 Å². The van der Waals surface area contributed by atoms with Gasteiger partial charge in [0.2, 0.25) is 11.7 Å². The molecule has 242 valence electrons. The summed E-state index contributed by atoms with van der Waals surface area (Å²) in [5.41, 5.74) is 2.63. The Morgan fingerprint density at radius 2 is 1.65 bits per heavy atom. The van der Waals surface area contributed by atoms with Crippen LogP contribution in [0, 0.1) is 0 Å². The average Bonchev–Trinajstić information content (AvgIpc) is 3.81. The topological polar surface area (TPSA) is 111 Å². The zero-order valence-corrected chi connectivity index (χ0v) is 27.4. The first-order valence-corrected chi connectivity index (χ1v) is 17.2. The molecule has 2 fully saturated rings. The van der Waals surface area contributed by atoms with Crippen LogP contribution in [0.4, 0.5) is 5.69 Å². The van der Waals surface area contributed by atoms with Gasteiger partial charge in [-0.15, -0.1) is 21.5 Å². The predicted octanol–water partition coefficient (Wildman–Crippen LogP) is 6.69. The Balaban J connectivity index is 1.31. The first-order valence-electron chi connectivity index (χ1n) is 16.3. The van der Waals surface area contributed by atoms with Crippen LogP contribution in [-0.4, -0.2) is 52.3 Å². The molecule has 1 atom stereocenters. The highest BCUT2D eigenvalue weighted by atomic mass is 32.1. The van der Waals surface area contributed by atoms with E-state index in [0.29, 0.717) is 34.5 Å². The quantitative estimate of drug-likeness (QED) is 0.194. The number of tetrazole rings is 1. The minimum atomic E-state index is -0.830. The molecular weight excluding hydrogens is 600 g/mol. The van der Waals surface area contributed by atoms with Gasteiger partial charge in [0.15, 0.2) is 11.5 Å². The van der Waals surface area contributed by atoms with Crippen LogP contribution >= 0.6 is 11.3 Å². The van der Waals surface area contributed by atoms with Crippen LogP contribution in [-0.2, 0) is 16.1 Å². The molecule has 10 nitrogen and oxygen atoms in total. The smallest absolute Gasteiger partial charge is 0.251 e. The number of aromatic nitrogens is 4. The highest BCUT2D eigenvalue weighted by molar-refractivity contribution is 7.10. The molecular formula is C35H42N6O4S. The van der Waals surface area contributed by atoms with E-state index in [2.05, 4.69) is 32.9 Å². The Bertz CT molecular complexity index is 1590. The molecule has 0 saturated heterocycles. The van der Waals surface area contributed by atoms with Gasteiger partial charge in [0.25, 0.3) is 5.91 Å². The van der Waals surface area contributed by atoms with Crippen LogP contribution in [0.15, 0.2) is 60.0 Å². The van der Waals surface area contributed by atoms with E-state index in [4.69, 9.17) is 9.47 Å². The van der Waals surface area contributed by atoms with Crippen LogP contribution in [0.2, 0.25) is 0 Å². The molecule has 46 heavy (non-hydrogen) atoms. The van der Waals surface area contributed by atoms with Gasteiger partial charge in [0.1, 0.15) is 12.6 Å². The molecule has 2 aliphatic rings. The molecule has 2 saturated carbocycles. The molecule has 2 aromatic carbocycles. The van der Waals surface area contributed by atoms with E-state index in [1.54, 1.807) is 31.3 Å². The van der Waals surface area contributed by atoms with Crippen molar-refractivity contribution in [3.05, 3.63) is 70.4 Å². The molecule has 4 aromatic rings. The van der Waals surface area contributed by atoms with E-state index in [9.17, 15) is 9.59 Å². The number of benzene rings is 2. The predicted molar refractivity (Wildman–Crippen MR) is 178 cm³/mol. The number of nitrogens with one attached hydrogen (secondary N) is 1. The summed E-state index contributed by atoms with van der Waals surface area (Å²) >= 11 is 1.47. The molecule has 2 heterocycles. The summed E-state index contributed by atoms with van der Waals surface area (Å²) in [6, 6.07) is 16.7. The van der Waals surface area contributed by atoms with E-state index in [0.717, 1.165) is 30.6 Å². The fourth-order valence-electron chi connectivity index (χ4n) is 6.73. The number of amides is 2. The first kappa shape index (κ1) is 31.7. The summed E-state index contributed by atoms with van der Waals surface area (Å²) in [7, 11) is 3.14. The zero-order chi connectivity index (χ0) is 31.9. The lowest BCUT2D eigenvalue weighted by Crippen LogP contribution is -2.48. The zero-order valence-electron chi connectivity index (χ0n) is 26.6. The summed E-state index contributed by atoms with van der Waals surface area (Å²) < 4.78 is 10.8. The third-order valence-electron chi connectivity index (χ3n) is 9.16. The molecule has 2 aliphatic carbocycles. The summed E-state index contributed by atoms with van der Waals surface area (Å²) in [4.78, 5) is 32.2. The second-order valence-electron chi connectivity index (χ2n) is 12.2. The maximum atomic E-state index is 14.3. The van der Waals surface area contributed by atoms with Crippen molar-refractivity contribution >= 4 is 28.8 Å². The van der Waals surface area contributed by atoms with Crippen LogP contribution in [0.3, 0.4) is 0 Å². The number of anilines is 1. The molecule has 0 aliphatic heterocycles. The standard InChI is InChI=1S/C35H42N6O4S/c1-44-29-20-17-26(22-30(29)45-2)34-37-39-40(38-34)23-32(42)41(28-18-15-25(16-19-28)24-10-5-3-6-11-24)33(31-14-9-21-46-31)35(43)36-27-12-7-4-8-13-27/h9,14-22,24,27,33H,3-8,10-13,23H2,1-2H3,(H,36,43). The van der Waals surface area contributed by atoms with E-state index in [-0.39, 0.29) is 24.4 Å². The minimum absolute atomic E-state index is 0.107. The number of rotatable bonds is 11. The van der Waals surface area contributed by atoms with Gasteiger partial charge in [0.05, 0.1) is 14.2 Å². The lowest BCUT2D eigenvalue weighted by Gasteiger charge is -2.33.